The topological polar surface area (TPSA) is 21.3 Å². The molecule has 2 atom stereocenters. The van der Waals surface area contributed by atoms with Gasteiger partial charge in [-0.2, -0.15) is 11.8 Å². The number of benzene rings is 1. The van der Waals surface area contributed by atoms with Crippen molar-refractivity contribution in [3.8, 4) is 5.75 Å². The van der Waals surface area contributed by atoms with Crippen LogP contribution >= 0.6 is 11.8 Å². The van der Waals surface area contributed by atoms with Gasteiger partial charge in [-0.3, -0.25) is 0 Å². The number of rotatable bonds is 3. The van der Waals surface area contributed by atoms with E-state index in [1.807, 2.05) is 0 Å². The van der Waals surface area contributed by atoms with E-state index in [-0.39, 0.29) is 0 Å². The Hall–Kier alpha value is -0.670. The van der Waals surface area contributed by atoms with Gasteiger partial charge in [-0.15, -0.1) is 0 Å². The molecule has 1 saturated heterocycles. The van der Waals surface area contributed by atoms with E-state index in [2.05, 4.69) is 42.3 Å². The van der Waals surface area contributed by atoms with Gasteiger partial charge in [-0.05, 0) is 44.0 Å². The SMILES string of the molecule is CNC(c1cccc2c1OCCC2)C1CCCS1. The molecule has 2 nitrogen and oxygen atoms in total. The van der Waals surface area contributed by atoms with Crippen molar-refractivity contribution in [1.29, 1.82) is 0 Å². The van der Waals surface area contributed by atoms with Crippen LogP contribution in [-0.4, -0.2) is 24.7 Å². The Morgan fingerprint density at radius 2 is 2.33 bits per heavy atom. The Kier molecular flexibility index (Phi) is 3.80. The van der Waals surface area contributed by atoms with E-state index < -0.39 is 0 Å². The van der Waals surface area contributed by atoms with Crippen LogP contribution in [0.3, 0.4) is 0 Å². The standard InChI is InChI=1S/C15H21NOS/c1-16-14(13-8-4-10-18-13)12-7-2-5-11-6-3-9-17-15(11)12/h2,5,7,13-14,16H,3-4,6,8-10H2,1H3. The number of fused-ring (bicyclic) bond motifs is 1. The first-order chi connectivity index (χ1) is 8.90. The molecule has 0 bridgehead atoms. The van der Waals surface area contributed by atoms with Gasteiger partial charge in [0.05, 0.1) is 6.61 Å². The third kappa shape index (κ3) is 2.26. The number of para-hydroxylation sites is 1. The molecule has 3 rings (SSSR count). The van der Waals surface area contributed by atoms with Gasteiger partial charge in [0.2, 0.25) is 0 Å². The van der Waals surface area contributed by atoms with Crippen LogP contribution in [0, 0.1) is 0 Å². The predicted molar refractivity (Wildman–Crippen MR) is 77.5 cm³/mol. The van der Waals surface area contributed by atoms with Crippen LogP contribution in [0.5, 0.6) is 5.75 Å². The third-order valence-electron chi connectivity index (χ3n) is 3.95. The van der Waals surface area contributed by atoms with Crippen molar-refractivity contribution in [3.05, 3.63) is 29.3 Å². The second kappa shape index (κ2) is 5.54. The molecule has 2 heterocycles. The van der Waals surface area contributed by atoms with Gasteiger partial charge in [-0.25, -0.2) is 0 Å². The molecular weight excluding hydrogens is 242 g/mol. The lowest BCUT2D eigenvalue weighted by Crippen LogP contribution is -2.27. The Morgan fingerprint density at radius 1 is 1.39 bits per heavy atom. The highest BCUT2D eigenvalue weighted by molar-refractivity contribution is 8.00. The maximum atomic E-state index is 5.95. The Labute approximate surface area is 113 Å². The van der Waals surface area contributed by atoms with Gasteiger partial charge in [-0.1, -0.05) is 18.2 Å². The number of hydrogen-bond acceptors (Lipinski definition) is 3. The average Bonchev–Trinajstić information content (AvgIpc) is 2.94. The summed E-state index contributed by atoms with van der Waals surface area (Å²) < 4.78 is 5.95. The van der Waals surface area contributed by atoms with Crippen molar-refractivity contribution in [2.24, 2.45) is 0 Å². The minimum Gasteiger partial charge on any atom is -0.493 e. The van der Waals surface area contributed by atoms with Crippen LogP contribution in [0.15, 0.2) is 18.2 Å². The van der Waals surface area contributed by atoms with Crippen molar-refractivity contribution in [2.45, 2.75) is 37.0 Å². The fourth-order valence-corrected chi connectivity index (χ4v) is 4.51. The van der Waals surface area contributed by atoms with Crippen molar-refractivity contribution >= 4 is 11.8 Å². The average molecular weight is 263 g/mol. The molecule has 0 radical (unpaired) electrons. The molecule has 98 valence electrons. The van der Waals surface area contributed by atoms with E-state index in [9.17, 15) is 0 Å². The molecule has 0 saturated carbocycles. The number of ether oxygens (including phenoxy) is 1. The molecule has 0 aromatic heterocycles. The van der Waals surface area contributed by atoms with Gasteiger partial charge in [0.25, 0.3) is 0 Å². The Balaban J connectivity index is 1.93. The fraction of sp³-hybridized carbons (Fsp3) is 0.600. The molecular formula is C15H21NOS. The van der Waals surface area contributed by atoms with Gasteiger partial charge < -0.3 is 10.1 Å². The van der Waals surface area contributed by atoms with E-state index in [1.54, 1.807) is 0 Å². The Bertz CT molecular complexity index is 415. The van der Waals surface area contributed by atoms with Crippen LogP contribution in [0.25, 0.3) is 0 Å². The lowest BCUT2D eigenvalue weighted by atomic mass is 9.95. The lowest BCUT2D eigenvalue weighted by Gasteiger charge is -2.28. The molecule has 2 aliphatic heterocycles. The number of aryl methyl sites for hydroxylation is 1. The van der Waals surface area contributed by atoms with Crippen molar-refractivity contribution in [2.75, 3.05) is 19.4 Å². The maximum absolute atomic E-state index is 5.95. The van der Waals surface area contributed by atoms with Crippen LogP contribution < -0.4 is 10.1 Å². The molecule has 1 aromatic carbocycles. The summed E-state index contributed by atoms with van der Waals surface area (Å²) in [6, 6.07) is 7.08. The second-order valence-electron chi connectivity index (χ2n) is 5.11. The highest BCUT2D eigenvalue weighted by atomic mass is 32.2. The van der Waals surface area contributed by atoms with Crippen molar-refractivity contribution in [1.82, 2.24) is 5.32 Å². The summed E-state index contributed by atoms with van der Waals surface area (Å²) >= 11 is 2.10. The fourth-order valence-electron chi connectivity index (χ4n) is 3.07. The van der Waals surface area contributed by atoms with Gasteiger partial charge in [0.15, 0.2) is 0 Å². The smallest absolute Gasteiger partial charge is 0.127 e. The van der Waals surface area contributed by atoms with Crippen LogP contribution in [0.4, 0.5) is 0 Å². The summed E-state index contributed by atoms with van der Waals surface area (Å²) in [5.41, 5.74) is 2.76. The zero-order valence-electron chi connectivity index (χ0n) is 10.9. The maximum Gasteiger partial charge on any atom is 0.127 e. The van der Waals surface area contributed by atoms with Crippen LogP contribution in [0.1, 0.15) is 36.4 Å². The van der Waals surface area contributed by atoms with E-state index >= 15 is 0 Å². The zero-order chi connectivity index (χ0) is 12.4. The van der Waals surface area contributed by atoms with Crippen LogP contribution in [0.2, 0.25) is 0 Å². The van der Waals surface area contributed by atoms with Crippen molar-refractivity contribution in [3.63, 3.8) is 0 Å². The van der Waals surface area contributed by atoms with Gasteiger partial charge in [0.1, 0.15) is 5.75 Å². The summed E-state index contributed by atoms with van der Waals surface area (Å²) in [7, 11) is 2.08. The molecule has 2 unspecified atom stereocenters. The summed E-state index contributed by atoms with van der Waals surface area (Å²) in [5.74, 6) is 2.47. The van der Waals surface area contributed by atoms with Gasteiger partial charge in [0, 0.05) is 16.9 Å². The normalized spacial score (nSPS) is 24.4. The molecule has 0 amide bonds. The van der Waals surface area contributed by atoms with E-state index in [1.165, 1.54) is 29.7 Å². The molecule has 1 N–H and O–H groups in total. The predicted octanol–water partition coefficient (Wildman–Crippen LogP) is 3.17. The highest BCUT2D eigenvalue weighted by Gasteiger charge is 2.29. The minimum atomic E-state index is 0.436. The van der Waals surface area contributed by atoms with Crippen molar-refractivity contribution < 1.29 is 4.74 Å². The lowest BCUT2D eigenvalue weighted by molar-refractivity contribution is 0.281. The summed E-state index contributed by atoms with van der Waals surface area (Å²) in [6.07, 6.45) is 4.99. The number of thioether (sulfide) groups is 1. The molecule has 0 aliphatic carbocycles. The monoisotopic (exact) mass is 263 g/mol. The van der Waals surface area contributed by atoms with E-state index in [0.717, 1.165) is 25.2 Å². The first kappa shape index (κ1) is 12.4. The van der Waals surface area contributed by atoms with Crippen LogP contribution in [-0.2, 0) is 6.42 Å². The first-order valence-electron chi connectivity index (χ1n) is 6.93. The zero-order valence-corrected chi connectivity index (χ0v) is 11.8. The molecule has 2 aliphatic rings. The molecule has 1 fully saturated rings. The number of nitrogens with one attached hydrogen (secondary N) is 1. The first-order valence-corrected chi connectivity index (χ1v) is 7.98. The minimum absolute atomic E-state index is 0.436. The van der Waals surface area contributed by atoms with Gasteiger partial charge >= 0.3 is 0 Å². The molecule has 18 heavy (non-hydrogen) atoms. The quantitative estimate of drug-likeness (QED) is 0.905. The summed E-state index contributed by atoms with van der Waals surface area (Å²) in [5, 5.41) is 4.21. The summed E-state index contributed by atoms with van der Waals surface area (Å²) in [4.78, 5) is 0. The largest absolute Gasteiger partial charge is 0.493 e. The second-order valence-corrected chi connectivity index (χ2v) is 6.45. The molecule has 0 spiro atoms. The third-order valence-corrected chi connectivity index (χ3v) is 5.41. The molecule has 1 aromatic rings. The molecule has 3 heteroatoms. The van der Waals surface area contributed by atoms with E-state index in [0.29, 0.717) is 11.3 Å². The Morgan fingerprint density at radius 3 is 3.11 bits per heavy atom. The summed E-state index contributed by atoms with van der Waals surface area (Å²) in [6.45, 7) is 0.873. The number of hydrogen-bond donors (Lipinski definition) is 1. The highest BCUT2D eigenvalue weighted by Crippen LogP contribution is 2.41. The van der Waals surface area contributed by atoms with E-state index in [4.69, 9.17) is 4.74 Å².